The summed E-state index contributed by atoms with van der Waals surface area (Å²) in [6.45, 7) is 6.67. The van der Waals surface area contributed by atoms with E-state index < -0.39 is 0 Å². The number of halogens is 1. The molecule has 0 saturated heterocycles. The van der Waals surface area contributed by atoms with Gasteiger partial charge in [0.15, 0.2) is 0 Å². The van der Waals surface area contributed by atoms with Crippen molar-refractivity contribution in [1.29, 1.82) is 0 Å². The van der Waals surface area contributed by atoms with Gasteiger partial charge in [0.25, 0.3) is 0 Å². The first kappa shape index (κ1) is 9.48. The molecule has 0 unspecified atom stereocenters. The average Bonchev–Trinajstić information content (AvgIpc) is 1.83. The van der Waals surface area contributed by atoms with Crippen LogP contribution in [0.3, 0.4) is 0 Å². The molecule has 0 aromatic carbocycles. The van der Waals surface area contributed by atoms with Crippen molar-refractivity contribution < 1.29 is 0 Å². The quantitative estimate of drug-likeness (QED) is 0.598. The summed E-state index contributed by atoms with van der Waals surface area (Å²) in [6.07, 6.45) is 2.61. The van der Waals surface area contributed by atoms with Gasteiger partial charge in [-0.15, -0.1) is 0 Å². The van der Waals surface area contributed by atoms with Crippen LogP contribution in [0.1, 0.15) is 33.6 Å². The van der Waals surface area contributed by atoms with E-state index >= 15 is 0 Å². The molecular formula is C8H16Br. The summed E-state index contributed by atoms with van der Waals surface area (Å²) in [5.74, 6) is 2.38. The summed E-state index contributed by atoms with van der Waals surface area (Å²) in [5.41, 5.74) is 0. The third-order valence-corrected chi connectivity index (χ3v) is 2.51. The van der Waals surface area contributed by atoms with Crippen molar-refractivity contribution in [2.45, 2.75) is 33.6 Å². The van der Waals surface area contributed by atoms with Gasteiger partial charge in [0.2, 0.25) is 0 Å². The van der Waals surface area contributed by atoms with E-state index in [2.05, 4.69) is 36.7 Å². The molecule has 0 fully saturated rings. The van der Waals surface area contributed by atoms with Crippen LogP contribution in [0, 0.1) is 11.8 Å². The summed E-state index contributed by atoms with van der Waals surface area (Å²) in [7, 11) is 0. The summed E-state index contributed by atoms with van der Waals surface area (Å²) in [4.78, 5) is 0. The van der Waals surface area contributed by atoms with Gasteiger partial charge in [-0.05, 0) is 24.7 Å². The van der Waals surface area contributed by atoms with E-state index in [1.807, 2.05) is 0 Å². The maximum atomic E-state index is 3.46. The lowest BCUT2D eigenvalue weighted by Crippen LogP contribution is -1.97. The van der Waals surface area contributed by atoms with Crippen LogP contribution in [0.25, 0.3) is 0 Å². The van der Waals surface area contributed by atoms with Gasteiger partial charge < -0.3 is 0 Å². The minimum absolute atomic E-state index is 0.833. The van der Waals surface area contributed by atoms with Gasteiger partial charge in [-0.1, -0.05) is 36.7 Å². The van der Waals surface area contributed by atoms with Gasteiger partial charge in [0.05, 0.1) is 0 Å². The average molecular weight is 192 g/mol. The lowest BCUT2D eigenvalue weighted by molar-refractivity contribution is 0.575. The molecule has 0 nitrogen and oxygen atoms in total. The van der Waals surface area contributed by atoms with Crippen molar-refractivity contribution in [3.8, 4) is 0 Å². The molecule has 0 aliphatic heterocycles. The van der Waals surface area contributed by atoms with Crippen molar-refractivity contribution in [1.82, 2.24) is 0 Å². The van der Waals surface area contributed by atoms with Crippen molar-refractivity contribution in [3.63, 3.8) is 0 Å². The van der Waals surface area contributed by atoms with Crippen molar-refractivity contribution >= 4 is 15.9 Å². The standard InChI is InChI=1S/C8H16Br/c1-7(2)4-5-8(3)6-9/h8H,4-6H2,1-3H3/t8-/m1/s1. The molecule has 0 amide bonds. The van der Waals surface area contributed by atoms with Crippen LogP contribution in [0.5, 0.6) is 0 Å². The van der Waals surface area contributed by atoms with Crippen LogP contribution >= 0.6 is 15.9 Å². The summed E-state index contributed by atoms with van der Waals surface area (Å²) in [5, 5.41) is 1.14. The highest BCUT2D eigenvalue weighted by Gasteiger charge is 2.00. The van der Waals surface area contributed by atoms with Crippen molar-refractivity contribution in [2.75, 3.05) is 5.33 Å². The predicted molar refractivity (Wildman–Crippen MR) is 46.8 cm³/mol. The Labute approximate surface area is 67.2 Å². The Hall–Kier alpha value is 0.480. The predicted octanol–water partition coefficient (Wildman–Crippen LogP) is 3.41. The lowest BCUT2D eigenvalue weighted by Gasteiger charge is -2.07. The SMILES string of the molecule is C[C](C)CC[C@@H](C)CBr. The fourth-order valence-electron chi connectivity index (χ4n) is 0.612. The number of rotatable bonds is 4. The molecule has 0 rings (SSSR count). The number of alkyl halides is 1. The van der Waals surface area contributed by atoms with Crippen molar-refractivity contribution in [3.05, 3.63) is 5.92 Å². The normalized spacial score (nSPS) is 14.3. The molecule has 0 bridgehead atoms. The molecule has 9 heavy (non-hydrogen) atoms. The molecular weight excluding hydrogens is 176 g/mol. The lowest BCUT2D eigenvalue weighted by atomic mass is 10.0. The fourth-order valence-corrected chi connectivity index (χ4v) is 0.936. The van der Waals surface area contributed by atoms with Gasteiger partial charge in [-0.3, -0.25) is 0 Å². The first-order valence-corrected chi connectivity index (χ1v) is 4.64. The minimum atomic E-state index is 0.833. The highest BCUT2D eigenvalue weighted by molar-refractivity contribution is 9.09. The van der Waals surface area contributed by atoms with Gasteiger partial charge in [-0.25, -0.2) is 0 Å². The third kappa shape index (κ3) is 6.36. The second-order valence-electron chi connectivity index (χ2n) is 3.01. The molecule has 0 aliphatic carbocycles. The first-order chi connectivity index (χ1) is 4.16. The summed E-state index contributed by atoms with van der Waals surface area (Å²) in [6, 6.07) is 0. The summed E-state index contributed by atoms with van der Waals surface area (Å²) >= 11 is 3.46. The van der Waals surface area contributed by atoms with Crippen LogP contribution in [0.2, 0.25) is 0 Å². The number of hydrogen-bond donors (Lipinski definition) is 0. The molecule has 0 aromatic heterocycles. The van der Waals surface area contributed by atoms with Gasteiger partial charge in [0.1, 0.15) is 0 Å². The monoisotopic (exact) mass is 191 g/mol. The van der Waals surface area contributed by atoms with Crippen LogP contribution < -0.4 is 0 Å². The zero-order valence-electron chi connectivity index (χ0n) is 6.58. The smallest absolute Gasteiger partial charge is 0.00570 e. The van der Waals surface area contributed by atoms with E-state index in [-0.39, 0.29) is 0 Å². The molecule has 0 heterocycles. The van der Waals surface area contributed by atoms with E-state index in [0.717, 1.165) is 11.2 Å². The fraction of sp³-hybridized carbons (Fsp3) is 0.875. The second-order valence-corrected chi connectivity index (χ2v) is 3.65. The maximum Gasteiger partial charge on any atom is 0.00570 e. The van der Waals surface area contributed by atoms with E-state index in [1.165, 1.54) is 12.8 Å². The molecule has 0 spiro atoms. The van der Waals surface area contributed by atoms with Crippen LogP contribution in [0.4, 0.5) is 0 Å². The molecule has 1 heteroatoms. The molecule has 0 saturated carbocycles. The molecule has 0 aliphatic rings. The van der Waals surface area contributed by atoms with Gasteiger partial charge in [-0.2, -0.15) is 0 Å². The molecule has 0 aromatic rings. The van der Waals surface area contributed by atoms with Crippen molar-refractivity contribution in [2.24, 2.45) is 5.92 Å². The zero-order chi connectivity index (χ0) is 7.28. The largest absolute Gasteiger partial charge is 0.0925 e. The van der Waals surface area contributed by atoms with E-state index in [4.69, 9.17) is 0 Å². The number of hydrogen-bond acceptors (Lipinski definition) is 0. The van der Waals surface area contributed by atoms with E-state index in [0.29, 0.717) is 0 Å². The Morgan fingerprint density at radius 1 is 1.44 bits per heavy atom. The second kappa shape index (κ2) is 5.28. The Morgan fingerprint density at radius 2 is 2.00 bits per heavy atom. The molecule has 55 valence electrons. The maximum absolute atomic E-state index is 3.46. The zero-order valence-corrected chi connectivity index (χ0v) is 8.16. The Kier molecular flexibility index (Phi) is 5.56. The van der Waals surface area contributed by atoms with Crippen LogP contribution in [-0.4, -0.2) is 5.33 Å². The van der Waals surface area contributed by atoms with Crippen LogP contribution in [-0.2, 0) is 0 Å². The molecule has 1 atom stereocenters. The third-order valence-electron chi connectivity index (χ3n) is 1.40. The van der Waals surface area contributed by atoms with Gasteiger partial charge in [0, 0.05) is 5.33 Å². The van der Waals surface area contributed by atoms with E-state index in [1.54, 1.807) is 5.92 Å². The Morgan fingerprint density at radius 3 is 2.33 bits per heavy atom. The topological polar surface area (TPSA) is 0 Å². The highest BCUT2D eigenvalue weighted by Crippen LogP contribution is 2.14. The Bertz CT molecular complexity index is 59.6. The first-order valence-electron chi connectivity index (χ1n) is 3.51. The summed E-state index contributed by atoms with van der Waals surface area (Å²) < 4.78 is 0. The highest BCUT2D eigenvalue weighted by atomic mass is 79.9. The molecule has 1 radical (unpaired) electrons. The van der Waals surface area contributed by atoms with Gasteiger partial charge >= 0.3 is 0 Å². The Balaban J connectivity index is 3.06. The minimum Gasteiger partial charge on any atom is -0.0925 e. The van der Waals surface area contributed by atoms with E-state index in [9.17, 15) is 0 Å². The molecule has 0 N–H and O–H groups in total. The van der Waals surface area contributed by atoms with Crippen LogP contribution in [0.15, 0.2) is 0 Å².